The van der Waals surface area contributed by atoms with Crippen molar-refractivity contribution in [3.05, 3.63) is 131 Å². The Morgan fingerprint density at radius 2 is 1.26 bits per heavy atom. The lowest BCUT2D eigenvalue weighted by molar-refractivity contribution is -0.384. The highest BCUT2D eigenvalue weighted by atomic mass is 31.2. The molecule has 0 aliphatic carbocycles. The van der Waals surface area contributed by atoms with Gasteiger partial charge in [-0.2, -0.15) is 4.68 Å². The number of hydrogen-bond donors (Lipinski definition) is 0. The average Bonchev–Trinajstić information content (AvgIpc) is 3.37. The molecule has 5 rings (SSSR count). The van der Waals surface area contributed by atoms with Gasteiger partial charge in [-0.15, -0.1) is 5.10 Å². The highest BCUT2D eigenvalue weighted by Crippen LogP contribution is 2.44. The van der Waals surface area contributed by atoms with Gasteiger partial charge < -0.3 is 0 Å². The maximum absolute atomic E-state index is 11.3. The number of hydrogen-bond acceptors (Lipinski definition) is 5. The molecule has 0 amide bonds. The van der Waals surface area contributed by atoms with Crippen molar-refractivity contribution in [3.8, 4) is 5.69 Å². The summed E-state index contributed by atoms with van der Waals surface area (Å²) in [4.78, 5) is 10.9. The molecule has 0 fully saturated rings. The van der Waals surface area contributed by atoms with Gasteiger partial charge >= 0.3 is 0 Å². The smallest absolute Gasteiger partial charge is 0.258 e. The summed E-state index contributed by atoms with van der Waals surface area (Å²) in [6, 6.07) is 37.3. The van der Waals surface area contributed by atoms with E-state index in [0.717, 1.165) is 15.9 Å². The Kier molecular flexibility index (Phi) is 5.85. The molecule has 0 spiro atoms. The van der Waals surface area contributed by atoms with E-state index in [4.69, 9.17) is 0 Å². The van der Waals surface area contributed by atoms with Crippen LogP contribution in [0.25, 0.3) is 5.69 Å². The molecule has 4 aromatic carbocycles. The van der Waals surface area contributed by atoms with Crippen molar-refractivity contribution in [1.82, 2.24) is 20.2 Å². The lowest BCUT2D eigenvalue weighted by Crippen LogP contribution is -2.27. The molecule has 1 heterocycles. The van der Waals surface area contributed by atoms with Crippen LogP contribution in [0.4, 0.5) is 5.69 Å². The number of nitro groups is 1. The lowest BCUT2D eigenvalue weighted by Gasteiger charge is -2.28. The van der Waals surface area contributed by atoms with Crippen molar-refractivity contribution in [2.24, 2.45) is 0 Å². The molecule has 1 aromatic heterocycles. The number of tetrazole rings is 1. The Bertz CT molecular complexity index is 1380. The average molecular weight is 465 g/mol. The third kappa shape index (κ3) is 3.93. The van der Waals surface area contributed by atoms with Crippen molar-refractivity contribution in [2.75, 3.05) is 0 Å². The van der Waals surface area contributed by atoms with E-state index in [1.165, 1.54) is 12.1 Å². The molecule has 7 nitrogen and oxygen atoms in total. The van der Waals surface area contributed by atoms with Gasteiger partial charge in [0.05, 0.1) is 10.6 Å². The SMILES string of the molecule is O=[N+]([O-])c1cccc(-n2nnnc2C=P(c2ccccc2)(c2ccccc2)c2ccccc2)c1. The Morgan fingerprint density at radius 1 is 0.735 bits per heavy atom. The van der Waals surface area contributed by atoms with E-state index in [1.54, 1.807) is 16.8 Å². The van der Waals surface area contributed by atoms with Crippen molar-refractivity contribution in [3.63, 3.8) is 0 Å². The Balaban J connectivity index is 1.84. The second kappa shape index (κ2) is 9.25. The number of rotatable bonds is 6. The fourth-order valence-electron chi connectivity index (χ4n) is 4.03. The van der Waals surface area contributed by atoms with Crippen LogP contribution in [0, 0.1) is 10.1 Å². The van der Waals surface area contributed by atoms with Gasteiger partial charge in [-0.25, -0.2) is 0 Å². The first-order chi connectivity index (χ1) is 16.7. The third-order valence-corrected chi connectivity index (χ3v) is 9.53. The second-order valence-electron chi connectivity index (χ2n) is 7.58. The van der Waals surface area contributed by atoms with Crippen LogP contribution in [-0.2, 0) is 0 Å². The first kappa shape index (κ1) is 21.5. The van der Waals surface area contributed by atoms with E-state index in [2.05, 4.69) is 57.7 Å². The number of aromatic nitrogens is 4. The fraction of sp³-hybridized carbons (Fsp3) is 0. The molecule has 0 unspecified atom stereocenters. The minimum Gasteiger partial charge on any atom is -0.258 e. The molecule has 0 saturated heterocycles. The normalized spacial score (nSPS) is 11.2. The van der Waals surface area contributed by atoms with Crippen molar-refractivity contribution >= 4 is 34.3 Å². The summed E-state index contributed by atoms with van der Waals surface area (Å²) in [7, 11) is 0. The van der Waals surface area contributed by atoms with E-state index in [9.17, 15) is 10.1 Å². The topological polar surface area (TPSA) is 86.7 Å². The van der Waals surface area contributed by atoms with Gasteiger partial charge in [0.2, 0.25) is 0 Å². The number of nitro benzene ring substituents is 1. The Morgan fingerprint density at radius 3 is 1.76 bits per heavy atom. The first-order valence-electron chi connectivity index (χ1n) is 10.6. The van der Waals surface area contributed by atoms with Crippen LogP contribution in [0.15, 0.2) is 115 Å². The van der Waals surface area contributed by atoms with Crippen LogP contribution >= 0.6 is 6.89 Å². The van der Waals surface area contributed by atoms with E-state index >= 15 is 0 Å². The largest absolute Gasteiger partial charge is 0.271 e. The molecule has 0 aliphatic heterocycles. The monoisotopic (exact) mass is 465 g/mol. The molecule has 0 N–H and O–H groups in total. The maximum Gasteiger partial charge on any atom is 0.271 e. The van der Waals surface area contributed by atoms with Crippen LogP contribution < -0.4 is 15.9 Å². The summed E-state index contributed by atoms with van der Waals surface area (Å²) in [5, 5.41) is 27.2. The lowest BCUT2D eigenvalue weighted by atomic mass is 10.3. The van der Waals surface area contributed by atoms with Crippen LogP contribution in [0.1, 0.15) is 5.82 Å². The van der Waals surface area contributed by atoms with Crippen LogP contribution in [0.3, 0.4) is 0 Å². The predicted octanol–water partition coefficient (Wildman–Crippen LogP) is 3.71. The van der Waals surface area contributed by atoms with Crippen molar-refractivity contribution in [2.45, 2.75) is 0 Å². The molecule has 166 valence electrons. The van der Waals surface area contributed by atoms with Gasteiger partial charge in [0.1, 0.15) is 0 Å². The highest BCUT2D eigenvalue weighted by molar-refractivity contribution is 7.94. The quantitative estimate of drug-likeness (QED) is 0.217. The van der Waals surface area contributed by atoms with Crippen molar-refractivity contribution in [1.29, 1.82) is 0 Å². The van der Waals surface area contributed by atoms with Gasteiger partial charge in [0.25, 0.3) is 5.69 Å². The standard InChI is InChI=1S/C26H20N5O2P/c32-31(33)22-12-10-11-21(19-22)30-26(27-28-29-30)20-34(23-13-4-1-5-14-23,24-15-6-2-7-16-24)25-17-8-3-9-18-25/h1-20H. The molecule has 0 atom stereocenters. The summed E-state index contributed by atoms with van der Waals surface area (Å²) in [6.45, 7) is -2.34. The molecule has 0 aliphatic rings. The van der Waals surface area contributed by atoms with E-state index in [1.807, 2.05) is 54.6 Å². The number of non-ortho nitro benzene ring substituents is 1. The predicted molar refractivity (Wildman–Crippen MR) is 136 cm³/mol. The van der Waals surface area contributed by atoms with Crippen LogP contribution in [0.2, 0.25) is 0 Å². The second-order valence-corrected chi connectivity index (χ2v) is 10.8. The molecule has 8 heteroatoms. The number of nitrogens with zero attached hydrogens (tertiary/aromatic N) is 5. The summed E-state index contributed by atoms with van der Waals surface area (Å²) >= 11 is 0. The minimum atomic E-state index is -2.34. The zero-order valence-electron chi connectivity index (χ0n) is 18.0. The molecule has 0 bridgehead atoms. The van der Waals surface area contributed by atoms with E-state index in [-0.39, 0.29) is 5.69 Å². The van der Waals surface area contributed by atoms with Crippen LogP contribution in [-0.4, -0.2) is 30.9 Å². The molecule has 0 saturated carbocycles. The Hall–Kier alpha value is -4.35. The van der Waals surface area contributed by atoms with Crippen LogP contribution in [0.5, 0.6) is 0 Å². The summed E-state index contributed by atoms with van der Waals surface area (Å²) in [6.07, 6.45) is 0. The van der Waals surface area contributed by atoms with Gasteiger partial charge in [-0.3, -0.25) is 10.1 Å². The highest BCUT2D eigenvalue weighted by Gasteiger charge is 2.26. The van der Waals surface area contributed by atoms with E-state index in [0.29, 0.717) is 11.5 Å². The number of benzene rings is 4. The van der Waals surface area contributed by atoms with Gasteiger partial charge in [-0.1, -0.05) is 97.1 Å². The summed E-state index contributed by atoms with van der Waals surface area (Å²) < 4.78 is 1.55. The van der Waals surface area contributed by atoms with Gasteiger partial charge in [-0.05, 0) is 45.1 Å². The molecule has 34 heavy (non-hydrogen) atoms. The first-order valence-corrected chi connectivity index (χ1v) is 12.5. The minimum absolute atomic E-state index is 0.0193. The third-order valence-electron chi connectivity index (χ3n) is 5.58. The summed E-state index contributed by atoms with van der Waals surface area (Å²) in [5.74, 6) is 2.65. The maximum atomic E-state index is 11.3. The Labute approximate surface area is 196 Å². The van der Waals surface area contributed by atoms with Gasteiger partial charge in [0.15, 0.2) is 5.82 Å². The zero-order chi connectivity index (χ0) is 23.4. The zero-order valence-corrected chi connectivity index (χ0v) is 18.9. The molecule has 5 aromatic rings. The van der Waals surface area contributed by atoms with Crippen molar-refractivity contribution < 1.29 is 4.92 Å². The van der Waals surface area contributed by atoms with Gasteiger partial charge in [0, 0.05) is 12.1 Å². The molecular weight excluding hydrogens is 445 g/mol. The molecular formula is C26H20N5O2P. The summed E-state index contributed by atoms with van der Waals surface area (Å²) in [5.41, 5.74) is 0.506. The van der Waals surface area contributed by atoms with E-state index < -0.39 is 11.8 Å². The molecule has 0 radical (unpaired) electrons. The fourth-order valence-corrected chi connectivity index (χ4v) is 7.81.